The van der Waals surface area contributed by atoms with Crippen LogP contribution in [0, 0.1) is 3.95 Å². The molecule has 0 N–H and O–H groups in total. The van der Waals surface area contributed by atoms with Crippen LogP contribution in [0.2, 0.25) is 5.02 Å². The number of fused-ring (bicyclic) bond motifs is 3. The van der Waals surface area contributed by atoms with Crippen molar-refractivity contribution in [2.45, 2.75) is 12.7 Å². The molecule has 0 saturated heterocycles. The monoisotopic (exact) mass is 502 g/mol. The largest absolute Gasteiger partial charge is 0.416 e. The quantitative estimate of drug-likeness (QED) is 0.240. The number of thiazole rings is 1. The van der Waals surface area contributed by atoms with Crippen LogP contribution in [-0.2, 0) is 12.7 Å². The zero-order valence-electron chi connectivity index (χ0n) is 16.8. The van der Waals surface area contributed by atoms with Gasteiger partial charge in [-0.05, 0) is 59.7 Å². The molecular formula is C24H14ClF3N2OS2. The van der Waals surface area contributed by atoms with Gasteiger partial charge in [-0.15, -0.1) is 11.3 Å². The molecule has 0 aliphatic carbocycles. The van der Waals surface area contributed by atoms with Gasteiger partial charge in [-0.25, -0.2) is 0 Å². The van der Waals surface area contributed by atoms with E-state index in [9.17, 15) is 18.0 Å². The van der Waals surface area contributed by atoms with E-state index in [1.54, 1.807) is 51.4 Å². The standard InChI is InChI=1S/C24H14ClF3N2OS2/c25-17-10-8-14(9-11-17)13-29-21-20(15-4-3-5-16(12-15)24(26,27)28)33-23(32)30(21)19-7-2-1-6-18(19)22(29)31/h1-12H,13H2. The van der Waals surface area contributed by atoms with Gasteiger partial charge in [0.15, 0.2) is 3.95 Å². The van der Waals surface area contributed by atoms with Gasteiger partial charge in [-0.3, -0.25) is 13.8 Å². The second-order valence-corrected chi connectivity index (χ2v) is 9.55. The first-order valence-electron chi connectivity index (χ1n) is 9.83. The average molecular weight is 503 g/mol. The van der Waals surface area contributed by atoms with Gasteiger partial charge >= 0.3 is 6.18 Å². The second kappa shape index (κ2) is 8.13. The number of benzene rings is 3. The molecule has 166 valence electrons. The average Bonchev–Trinajstić information content (AvgIpc) is 3.14. The second-order valence-electron chi connectivity index (χ2n) is 7.47. The third-order valence-electron chi connectivity index (χ3n) is 5.37. The fraction of sp³-hybridized carbons (Fsp3) is 0.0833. The zero-order chi connectivity index (χ0) is 23.3. The molecule has 0 unspecified atom stereocenters. The van der Waals surface area contributed by atoms with E-state index in [1.165, 1.54) is 17.4 Å². The summed E-state index contributed by atoms with van der Waals surface area (Å²) in [6, 6.07) is 19.2. The highest BCUT2D eigenvalue weighted by Crippen LogP contribution is 2.37. The van der Waals surface area contributed by atoms with Gasteiger partial charge in [0, 0.05) is 5.02 Å². The maximum atomic E-state index is 13.5. The normalized spacial score (nSPS) is 12.0. The van der Waals surface area contributed by atoms with Crippen molar-refractivity contribution in [2.75, 3.05) is 0 Å². The number of halogens is 4. The lowest BCUT2D eigenvalue weighted by atomic mass is 10.1. The van der Waals surface area contributed by atoms with E-state index in [1.807, 2.05) is 12.1 Å². The molecule has 5 rings (SSSR count). The summed E-state index contributed by atoms with van der Waals surface area (Å²) in [5.41, 5.74) is 1.24. The van der Waals surface area contributed by atoms with Crippen LogP contribution in [-0.4, -0.2) is 8.97 Å². The third-order valence-corrected chi connectivity index (χ3v) is 7.03. The number of hydrogen-bond acceptors (Lipinski definition) is 3. The van der Waals surface area contributed by atoms with Crippen molar-refractivity contribution in [3.8, 4) is 10.4 Å². The van der Waals surface area contributed by atoms with Crippen LogP contribution in [0.1, 0.15) is 11.1 Å². The summed E-state index contributed by atoms with van der Waals surface area (Å²) in [6.07, 6.45) is -4.48. The highest BCUT2D eigenvalue weighted by atomic mass is 35.5. The Morgan fingerprint density at radius 2 is 1.70 bits per heavy atom. The van der Waals surface area contributed by atoms with Crippen molar-refractivity contribution in [3.63, 3.8) is 0 Å². The number of para-hydroxylation sites is 1. The molecule has 0 fully saturated rings. The van der Waals surface area contributed by atoms with Crippen molar-refractivity contribution in [1.82, 2.24) is 8.97 Å². The minimum Gasteiger partial charge on any atom is -0.288 e. The summed E-state index contributed by atoms with van der Waals surface area (Å²) in [6.45, 7) is 0.210. The van der Waals surface area contributed by atoms with Crippen molar-refractivity contribution < 1.29 is 13.2 Å². The molecule has 2 heterocycles. The van der Waals surface area contributed by atoms with Gasteiger partial charge < -0.3 is 0 Å². The molecule has 2 aromatic heterocycles. The smallest absolute Gasteiger partial charge is 0.288 e. The first-order chi connectivity index (χ1) is 15.7. The predicted octanol–water partition coefficient (Wildman–Crippen LogP) is 7.43. The highest BCUT2D eigenvalue weighted by molar-refractivity contribution is 7.73. The number of aromatic nitrogens is 2. The summed E-state index contributed by atoms with van der Waals surface area (Å²) in [5, 5.41) is 1.04. The number of alkyl halides is 3. The first-order valence-corrected chi connectivity index (χ1v) is 11.4. The fourth-order valence-corrected chi connectivity index (χ4v) is 5.41. The van der Waals surface area contributed by atoms with Crippen LogP contribution in [0.25, 0.3) is 27.0 Å². The summed E-state index contributed by atoms with van der Waals surface area (Å²) >= 11 is 12.8. The van der Waals surface area contributed by atoms with Crippen LogP contribution in [0.15, 0.2) is 77.6 Å². The molecule has 0 bridgehead atoms. The minimum absolute atomic E-state index is 0.210. The molecule has 0 amide bonds. The van der Waals surface area contributed by atoms with Gasteiger partial charge in [0.05, 0.1) is 27.9 Å². The molecular weight excluding hydrogens is 489 g/mol. The van der Waals surface area contributed by atoms with Crippen LogP contribution in [0.3, 0.4) is 0 Å². The Kier molecular flexibility index (Phi) is 5.39. The van der Waals surface area contributed by atoms with E-state index in [0.29, 0.717) is 36.0 Å². The van der Waals surface area contributed by atoms with E-state index in [4.69, 9.17) is 23.8 Å². The molecule has 0 saturated carbocycles. The SMILES string of the molecule is O=c1c2ccccc2n2c(=S)sc(-c3cccc(C(F)(F)F)c3)c2n1Cc1ccc(Cl)cc1. The number of hydrogen-bond donors (Lipinski definition) is 0. The lowest BCUT2D eigenvalue weighted by Gasteiger charge is -2.14. The Hall–Kier alpha value is -2.94. The maximum absolute atomic E-state index is 13.5. The lowest BCUT2D eigenvalue weighted by molar-refractivity contribution is -0.137. The molecule has 33 heavy (non-hydrogen) atoms. The van der Waals surface area contributed by atoms with Crippen molar-refractivity contribution in [1.29, 1.82) is 0 Å². The molecule has 9 heteroatoms. The zero-order valence-corrected chi connectivity index (χ0v) is 19.2. The molecule has 0 aliphatic rings. The molecule has 3 nitrogen and oxygen atoms in total. The van der Waals surface area contributed by atoms with Gasteiger partial charge in [0.2, 0.25) is 0 Å². The Morgan fingerprint density at radius 1 is 0.970 bits per heavy atom. The van der Waals surface area contributed by atoms with E-state index in [0.717, 1.165) is 17.7 Å². The summed E-state index contributed by atoms with van der Waals surface area (Å²) in [4.78, 5) is 14.0. The predicted molar refractivity (Wildman–Crippen MR) is 129 cm³/mol. The molecule has 0 aliphatic heterocycles. The molecule has 5 aromatic rings. The van der Waals surface area contributed by atoms with E-state index < -0.39 is 11.7 Å². The Morgan fingerprint density at radius 3 is 2.42 bits per heavy atom. The Balaban J connectivity index is 1.87. The van der Waals surface area contributed by atoms with Crippen molar-refractivity contribution in [3.05, 3.63) is 103 Å². The third kappa shape index (κ3) is 3.88. The van der Waals surface area contributed by atoms with E-state index >= 15 is 0 Å². The molecule has 3 aromatic carbocycles. The lowest BCUT2D eigenvalue weighted by Crippen LogP contribution is -2.23. The van der Waals surface area contributed by atoms with E-state index in [2.05, 4.69) is 0 Å². The van der Waals surface area contributed by atoms with Crippen LogP contribution in [0.4, 0.5) is 13.2 Å². The van der Waals surface area contributed by atoms with Crippen LogP contribution < -0.4 is 5.56 Å². The Labute approximate surface area is 199 Å². The Bertz CT molecular complexity index is 1630. The number of nitrogens with zero attached hydrogens (tertiary/aromatic N) is 2. The maximum Gasteiger partial charge on any atom is 0.416 e. The summed E-state index contributed by atoms with van der Waals surface area (Å²) in [7, 11) is 0. The number of rotatable bonds is 3. The van der Waals surface area contributed by atoms with E-state index in [-0.39, 0.29) is 12.1 Å². The molecule has 0 radical (unpaired) electrons. The minimum atomic E-state index is -4.48. The first kappa shape index (κ1) is 21.9. The van der Waals surface area contributed by atoms with Crippen molar-refractivity contribution >= 4 is 51.7 Å². The van der Waals surface area contributed by atoms with Crippen LogP contribution >= 0.6 is 35.2 Å². The summed E-state index contributed by atoms with van der Waals surface area (Å²) < 4.78 is 43.9. The van der Waals surface area contributed by atoms with Gasteiger partial charge in [-0.2, -0.15) is 13.2 Å². The highest BCUT2D eigenvalue weighted by Gasteiger charge is 2.31. The molecule has 0 atom stereocenters. The van der Waals surface area contributed by atoms with Gasteiger partial charge in [0.25, 0.3) is 5.56 Å². The van der Waals surface area contributed by atoms with Gasteiger partial charge in [0.1, 0.15) is 5.65 Å². The van der Waals surface area contributed by atoms with Gasteiger partial charge in [-0.1, -0.05) is 48.0 Å². The topological polar surface area (TPSA) is 26.4 Å². The summed E-state index contributed by atoms with van der Waals surface area (Å²) in [5.74, 6) is 0. The fourth-order valence-electron chi connectivity index (χ4n) is 3.86. The van der Waals surface area contributed by atoms with Crippen LogP contribution in [0.5, 0.6) is 0 Å². The van der Waals surface area contributed by atoms with Crippen molar-refractivity contribution in [2.24, 2.45) is 0 Å². The molecule has 0 spiro atoms.